The molecular weight excluding hydrogens is 714 g/mol. The highest BCUT2D eigenvalue weighted by atomic mass is 79.9. The number of sulfone groups is 1. The van der Waals surface area contributed by atoms with Crippen LogP contribution in [0.4, 0.5) is 9.18 Å². The van der Waals surface area contributed by atoms with Crippen LogP contribution in [0.2, 0.25) is 10.0 Å². The number of hydrogen-bond acceptors (Lipinski definition) is 7. The van der Waals surface area contributed by atoms with Gasteiger partial charge in [-0.1, -0.05) is 45.2 Å². The van der Waals surface area contributed by atoms with Gasteiger partial charge in [0.1, 0.15) is 23.0 Å². The first-order chi connectivity index (χ1) is 20.9. The lowest BCUT2D eigenvalue weighted by atomic mass is 9.76. The Morgan fingerprint density at radius 3 is 2.36 bits per heavy atom. The van der Waals surface area contributed by atoms with Crippen LogP contribution < -0.4 is 5.32 Å². The maximum atomic E-state index is 15.6. The first kappa shape index (κ1) is 33.4. The molecule has 10 nitrogen and oxygen atoms in total. The lowest BCUT2D eigenvalue weighted by molar-refractivity contribution is -0.158. The Bertz CT molecular complexity index is 1740. The van der Waals surface area contributed by atoms with Crippen molar-refractivity contribution in [3.8, 4) is 6.07 Å². The average molecular weight is 744 g/mol. The Morgan fingerprint density at radius 2 is 1.82 bits per heavy atom. The molecule has 1 unspecified atom stereocenters. The van der Waals surface area contributed by atoms with E-state index in [0.29, 0.717) is 17.3 Å². The van der Waals surface area contributed by atoms with Crippen molar-refractivity contribution < 1.29 is 31.9 Å². The van der Waals surface area contributed by atoms with Crippen molar-refractivity contribution >= 4 is 66.9 Å². The van der Waals surface area contributed by atoms with E-state index in [1.54, 1.807) is 20.8 Å². The van der Waals surface area contributed by atoms with Crippen molar-refractivity contribution in [3.05, 3.63) is 62.3 Å². The van der Waals surface area contributed by atoms with Gasteiger partial charge >= 0.3 is 6.09 Å². The zero-order valence-corrected chi connectivity index (χ0v) is 28.5. The molecule has 15 heteroatoms. The third-order valence-electron chi connectivity index (χ3n) is 8.29. The predicted molar refractivity (Wildman–Crippen MR) is 167 cm³/mol. The molecule has 0 bridgehead atoms. The van der Waals surface area contributed by atoms with E-state index in [0.717, 1.165) is 15.9 Å². The Balaban J connectivity index is 1.59. The van der Waals surface area contributed by atoms with Gasteiger partial charge in [0.05, 0.1) is 21.2 Å². The molecule has 0 spiro atoms. The van der Waals surface area contributed by atoms with E-state index in [1.165, 1.54) is 30.3 Å². The molecule has 2 saturated heterocycles. The summed E-state index contributed by atoms with van der Waals surface area (Å²) in [5.41, 5.74) is -4.20. The van der Waals surface area contributed by atoms with E-state index in [4.69, 9.17) is 27.9 Å². The van der Waals surface area contributed by atoms with Crippen molar-refractivity contribution in [2.24, 2.45) is 0 Å². The summed E-state index contributed by atoms with van der Waals surface area (Å²) in [6.07, 6.45) is -0.438. The molecule has 3 amide bonds. The second-order valence-corrected chi connectivity index (χ2v) is 16.5. The number of ether oxygens (including phenoxy) is 1. The van der Waals surface area contributed by atoms with Gasteiger partial charge < -0.3 is 15.0 Å². The van der Waals surface area contributed by atoms with E-state index < -0.39 is 68.1 Å². The number of nitriles is 1. The zero-order chi connectivity index (χ0) is 33.1. The fraction of sp³-hybridized carbons (Fsp3) is 0.467. The topological polar surface area (TPSA) is 137 Å². The quantitative estimate of drug-likeness (QED) is 0.422. The summed E-state index contributed by atoms with van der Waals surface area (Å²) in [6, 6.07) is 8.65. The van der Waals surface area contributed by atoms with Gasteiger partial charge in [-0.2, -0.15) is 5.26 Å². The van der Waals surface area contributed by atoms with Crippen LogP contribution in [0.15, 0.2) is 45.8 Å². The molecule has 2 aliphatic heterocycles. The summed E-state index contributed by atoms with van der Waals surface area (Å²) in [7, 11) is -4.21. The molecule has 45 heavy (non-hydrogen) atoms. The van der Waals surface area contributed by atoms with Crippen molar-refractivity contribution in [1.82, 2.24) is 15.1 Å². The molecule has 2 aromatic carbocycles. The molecular formula is C30H30BrCl2FN4O6S. The van der Waals surface area contributed by atoms with Gasteiger partial charge in [0.15, 0.2) is 15.4 Å². The monoisotopic (exact) mass is 742 g/mol. The summed E-state index contributed by atoms with van der Waals surface area (Å²) < 4.78 is 49.5. The SMILES string of the molecule is CC(C)(C)OC(=O)N1CCC1(C(=O)N1C[C@H](S(=O)(=O)c2ccc(Br)cc2Cl)C[C@H]1C(=O)NC1(C#N)CC1)c1ccc(Cl)cc1F. The lowest BCUT2D eigenvalue weighted by Crippen LogP contribution is -2.69. The van der Waals surface area contributed by atoms with Gasteiger partial charge in [-0.05, 0) is 70.4 Å². The molecule has 5 rings (SSSR count). The van der Waals surface area contributed by atoms with Crippen molar-refractivity contribution in [2.45, 2.75) is 79.3 Å². The largest absolute Gasteiger partial charge is 0.444 e. The Morgan fingerprint density at radius 1 is 1.13 bits per heavy atom. The summed E-state index contributed by atoms with van der Waals surface area (Å²) in [5, 5.41) is 11.0. The van der Waals surface area contributed by atoms with Crippen LogP contribution in [0, 0.1) is 17.1 Å². The highest BCUT2D eigenvalue weighted by Gasteiger charge is 2.61. The molecule has 0 radical (unpaired) electrons. The minimum atomic E-state index is -4.21. The summed E-state index contributed by atoms with van der Waals surface area (Å²) in [5.74, 6) is -2.45. The van der Waals surface area contributed by atoms with Crippen LogP contribution in [0.3, 0.4) is 0 Å². The van der Waals surface area contributed by atoms with Gasteiger partial charge in [0.2, 0.25) is 5.91 Å². The molecule has 0 aromatic heterocycles. The summed E-state index contributed by atoms with van der Waals surface area (Å²) in [6.45, 7) is 4.50. The van der Waals surface area contributed by atoms with Gasteiger partial charge in [-0.15, -0.1) is 0 Å². The van der Waals surface area contributed by atoms with Crippen LogP contribution >= 0.6 is 39.1 Å². The van der Waals surface area contributed by atoms with E-state index in [9.17, 15) is 28.1 Å². The third kappa shape index (κ3) is 6.14. The third-order valence-corrected chi connectivity index (χ3v) is 11.6. The van der Waals surface area contributed by atoms with Crippen LogP contribution in [0.25, 0.3) is 0 Å². The number of nitrogens with one attached hydrogen (secondary N) is 1. The number of nitrogens with zero attached hydrogens (tertiary/aromatic N) is 3. The predicted octanol–water partition coefficient (Wildman–Crippen LogP) is 5.35. The van der Waals surface area contributed by atoms with Crippen molar-refractivity contribution in [2.75, 3.05) is 13.1 Å². The first-order valence-corrected chi connectivity index (χ1v) is 17.2. The van der Waals surface area contributed by atoms with Crippen LogP contribution in [0.5, 0.6) is 0 Å². The molecule has 3 atom stereocenters. The summed E-state index contributed by atoms with van der Waals surface area (Å²) in [4.78, 5) is 43.8. The van der Waals surface area contributed by atoms with E-state index >= 15 is 4.39 Å². The normalized spacial score (nSPS) is 24.0. The zero-order valence-electron chi connectivity index (χ0n) is 24.6. The van der Waals surface area contributed by atoms with E-state index in [2.05, 4.69) is 27.3 Å². The smallest absolute Gasteiger partial charge is 0.411 e. The van der Waals surface area contributed by atoms with Gasteiger partial charge in [-0.25, -0.2) is 17.6 Å². The minimum absolute atomic E-state index is 0.0290. The highest BCUT2D eigenvalue weighted by Crippen LogP contribution is 2.47. The molecule has 2 heterocycles. The Kier molecular flexibility index (Phi) is 8.70. The number of rotatable bonds is 6. The fourth-order valence-electron chi connectivity index (χ4n) is 5.78. The van der Waals surface area contributed by atoms with Crippen LogP contribution in [-0.2, 0) is 29.7 Å². The standard InChI is InChI=1S/C30H30BrCl2FN4O6S/c1-28(2,3)44-27(41)38-11-10-30(38,20-6-5-18(32)13-22(20)34)26(40)37-15-19(14-23(37)25(39)36-29(16-35)8-9-29)45(42,43)24-7-4-17(31)12-21(24)33/h4-7,12-13,19,23H,8-11,14-15H2,1-3H3,(H,36,39)/t19-,23+,30?/m1/s1. The minimum Gasteiger partial charge on any atom is -0.444 e. The number of amides is 3. The maximum absolute atomic E-state index is 15.6. The van der Waals surface area contributed by atoms with E-state index in [-0.39, 0.29) is 39.9 Å². The number of carbonyl (C=O) groups excluding carboxylic acids is 3. The average Bonchev–Trinajstić information content (AvgIpc) is 3.52. The van der Waals surface area contributed by atoms with Gasteiger partial charge in [-0.3, -0.25) is 14.5 Å². The summed E-state index contributed by atoms with van der Waals surface area (Å²) >= 11 is 15.6. The second kappa shape index (κ2) is 11.7. The lowest BCUT2D eigenvalue weighted by Gasteiger charge is -2.52. The Labute approximate surface area is 278 Å². The van der Waals surface area contributed by atoms with Crippen LogP contribution in [0.1, 0.15) is 52.0 Å². The second-order valence-electron chi connectivity index (χ2n) is 12.5. The number of likely N-dealkylation sites (tertiary alicyclic amines) is 2. The fourth-order valence-corrected chi connectivity index (χ4v) is 8.68. The molecule has 1 aliphatic carbocycles. The number of hydrogen-bond donors (Lipinski definition) is 1. The maximum Gasteiger partial charge on any atom is 0.411 e. The molecule has 2 aromatic rings. The molecule has 1 N–H and O–H groups in total. The number of carbonyl (C=O) groups is 3. The van der Waals surface area contributed by atoms with Crippen molar-refractivity contribution in [1.29, 1.82) is 5.26 Å². The van der Waals surface area contributed by atoms with Crippen LogP contribution in [-0.4, -0.2) is 71.6 Å². The Hall–Kier alpha value is -2.92. The molecule has 3 fully saturated rings. The van der Waals surface area contributed by atoms with Gasteiger partial charge in [0, 0.05) is 34.6 Å². The highest BCUT2D eigenvalue weighted by molar-refractivity contribution is 9.10. The molecule has 240 valence electrons. The van der Waals surface area contributed by atoms with Crippen molar-refractivity contribution in [3.63, 3.8) is 0 Å². The number of halogens is 4. The van der Waals surface area contributed by atoms with E-state index in [1.807, 2.05) is 0 Å². The number of benzene rings is 2. The molecule has 1 saturated carbocycles. The molecule has 3 aliphatic rings. The van der Waals surface area contributed by atoms with Gasteiger partial charge in [0.25, 0.3) is 5.91 Å². The first-order valence-electron chi connectivity index (χ1n) is 14.1.